The Balaban J connectivity index is 1.48. The van der Waals surface area contributed by atoms with Crippen LogP contribution in [0.15, 0.2) is 11.6 Å². The number of hydrogen-bond acceptors (Lipinski definition) is 6. The summed E-state index contributed by atoms with van der Waals surface area (Å²) in [5, 5.41) is 11.1. The van der Waals surface area contributed by atoms with Crippen molar-refractivity contribution < 1.29 is 29.0 Å². The van der Waals surface area contributed by atoms with Gasteiger partial charge >= 0.3 is 5.97 Å². The lowest BCUT2D eigenvalue weighted by molar-refractivity contribution is -0.163. The SMILES string of the molecule is CC(=O)OCC(=O)[C@@H]1CC[C@@H]2[C@H]3CCC4=CC(=O)CC[C@@]4(C)[C@@H]3[C@H]3C[C@]21[C@@H](O)O3. The van der Waals surface area contributed by atoms with Gasteiger partial charge < -0.3 is 14.6 Å². The van der Waals surface area contributed by atoms with Crippen LogP contribution in [0.5, 0.6) is 0 Å². The first-order valence-corrected chi connectivity index (χ1v) is 11.0. The maximum atomic E-state index is 12.9. The minimum atomic E-state index is -0.946. The molecule has 1 spiro atoms. The fourth-order valence-electron chi connectivity index (χ4n) is 7.96. The molecule has 5 rings (SSSR count). The molecule has 8 atom stereocenters. The number of rotatable bonds is 3. The molecule has 29 heavy (non-hydrogen) atoms. The van der Waals surface area contributed by atoms with E-state index < -0.39 is 17.7 Å². The number of ether oxygens (including phenoxy) is 2. The van der Waals surface area contributed by atoms with Crippen LogP contribution in [-0.4, -0.2) is 41.6 Å². The van der Waals surface area contributed by atoms with E-state index >= 15 is 0 Å². The monoisotopic (exact) mass is 402 g/mol. The van der Waals surface area contributed by atoms with Gasteiger partial charge in [0.25, 0.3) is 0 Å². The lowest BCUT2D eigenvalue weighted by atomic mass is 9.46. The Kier molecular flexibility index (Phi) is 4.34. The molecule has 1 saturated heterocycles. The fraction of sp³-hybridized carbons (Fsp3) is 0.783. The van der Waals surface area contributed by atoms with Crippen molar-refractivity contribution in [3.8, 4) is 0 Å². The standard InChI is InChI=1S/C23H30O6/c1-12(24)28-11-18(26)17-6-5-16-15-4-3-13-9-14(25)7-8-22(13,2)20(15)19-10-23(16,17)21(27)29-19/h9,15-17,19-21,27H,3-8,10-11H2,1-2H3/t15-,16-,17+,19-,20+,21+,22-,23+/m1/s1. The van der Waals surface area contributed by atoms with Crippen LogP contribution in [0, 0.1) is 34.5 Å². The molecule has 0 radical (unpaired) electrons. The van der Waals surface area contributed by atoms with E-state index in [4.69, 9.17) is 9.47 Å². The number of allylic oxidation sites excluding steroid dienone is 1. The highest BCUT2D eigenvalue weighted by molar-refractivity contribution is 5.91. The Morgan fingerprint density at radius 3 is 2.83 bits per heavy atom. The third kappa shape index (κ3) is 2.57. The normalized spacial score (nSPS) is 47.7. The minimum absolute atomic E-state index is 0.0580. The quantitative estimate of drug-likeness (QED) is 0.730. The maximum absolute atomic E-state index is 12.9. The zero-order chi connectivity index (χ0) is 20.6. The fourth-order valence-corrected chi connectivity index (χ4v) is 7.96. The maximum Gasteiger partial charge on any atom is 0.303 e. The predicted molar refractivity (Wildman–Crippen MR) is 102 cm³/mol. The number of hydrogen-bond donors (Lipinski definition) is 1. The van der Waals surface area contributed by atoms with Crippen molar-refractivity contribution in [2.24, 2.45) is 34.5 Å². The minimum Gasteiger partial charge on any atom is -0.458 e. The highest BCUT2D eigenvalue weighted by Crippen LogP contribution is 2.71. The molecule has 5 aliphatic rings. The van der Waals surface area contributed by atoms with Gasteiger partial charge in [0, 0.05) is 24.7 Å². The number of carbonyl (C=O) groups excluding carboxylic acids is 3. The molecule has 0 aromatic carbocycles. The molecule has 1 heterocycles. The van der Waals surface area contributed by atoms with Crippen LogP contribution in [0.25, 0.3) is 0 Å². The van der Waals surface area contributed by atoms with Crippen molar-refractivity contribution in [1.82, 2.24) is 0 Å². The summed E-state index contributed by atoms with van der Waals surface area (Å²) in [4.78, 5) is 36.1. The molecule has 0 aromatic heterocycles. The van der Waals surface area contributed by atoms with Gasteiger partial charge in [0.2, 0.25) is 0 Å². The zero-order valence-corrected chi connectivity index (χ0v) is 17.2. The van der Waals surface area contributed by atoms with E-state index in [1.807, 2.05) is 6.08 Å². The van der Waals surface area contributed by atoms with E-state index in [9.17, 15) is 19.5 Å². The summed E-state index contributed by atoms with van der Waals surface area (Å²) >= 11 is 0. The summed E-state index contributed by atoms with van der Waals surface area (Å²) in [5.41, 5.74) is 0.649. The second kappa shape index (κ2) is 6.48. The third-order valence-corrected chi connectivity index (χ3v) is 9.05. The Morgan fingerprint density at radius 2 is 2.07 bits per heavy atom. The molecular weight excluding hydrogens is 372 g/mol. The largest absolute Gasteiger partial charge is 0.458 e. The van der Waals surface area contributed by atoms with Crippen molar-refractivity contribution in [3.05, 3.63) is 11.6 Å². The first-order valence-electron chi connectivity index (χ1n) is 11.0. The van der Waals surface area contributed by atoms with Crippen LogP contribution in [0.2, 0.25) is 0 Å². The van der Waals surface area contributed by atoms with Gasteiger partial charge in [-0.15, -0.1) is 0 Å². The van der Waals surface area contributed by atoms with Gasteiger partial charge in [-0.3, -0.25) is 14.4 Å². The van der Waals surface area contributed by atoms with Crippen LogP contribution in [0.3, 0.4) is 0 Å². The van der Waals surface area contributed by atoms with Gasteiger partial charge in [-0.1, -0.05) is 12.5 Å². The first kappa shape index (κ1) is 19.4. The average molecular weight is 402 g/mol. The van der Waals surface area contributed by atoms with Gasteiger partial charge in [-0.25, -0.2) is 0 Å². The van der Waals surface area contributed by atoms with Crippen molar-refractivity contribution in [2.45, 2.75) is 71.2 Å². The topological polar surface area (TPSA) is 89.9 Å². The van der Waals surface area contributed by atoms with Crippen LogP contribution < -0.4 is 0 Å². The van der Waals surface area contributed by atoms with Gasteiger partial charge in [0.05, 0.1) is 6.10 Å². The van der Waals surface area contributed by atoms with Gasteiger partial charge in [-0.2, -0.15) is 0 Å². The Bertz CT molecular complexity index is 801. The number of Topliss-reactive ketones (excluding diaryl/α,β-unsaturated/α-hetero) is 1. The van der Waals surface area contributed by atoms with E-state index in [1.54, 1.807) is 0 Å². The van der Waals surface area contributed by atoms with Gasteiger partial charge in [-0.05, 0) is 67.8 Å². The average Bonchev–Trinajstić information content (AvgIpc) is 3.19. The molecule has 1 N–H and O–H groups in total. The predicted octanol–water partition coefficient (Wildman–Crippen LogP) is 2.57. The highest BCUT2D eigenvalue weighted by atomic mass is 16.6. The molecule has 4 fully saturated rings. The molecule has 0 amide bonds. The van der Waals surface area contributed by atoms with Crippen molar-refractivity contribution in [3.63, 3.8) is 0 Å². The molecule has 3 saturated carbocycles. The number of carbonyl (C=O) groups is 3. The van der Waals surface area contributed by atoms with E-state index in [0.717, 1.165) is 32.1 Å². The molecular formula is C23H30O6. The Morgan fingerprint density at radius 1 is 1.28 bits per heavy atom. The molecule has 6 heteroatoms. The molecule has 4 aliphatic carbocycles. The summed E-state index contributed by atoms with van der Waals surface area (Å²) in [5.74, 6) is 0.289. The lowest BCUT2D eigenvalue weighted by Gasteiger charge is -2.57. The second-order valence-electron chi connectivity index (χ2n) is 10.1. The summed E-state index contributed by atoms with van der Waals surface area (Å²) in [7, 11) is 0. The number of ketones is 2. The van der Waals surface area contributed by atoms with Gasteiger partial charge in [0.15, 0.2) is 17.9 Å². The van der Waals surface area contributed by atoms with Crippen molar-refractivity contribution in [1.29, 1.82) is 0 Å². The number of esters is 1. The summed E-state index contributed by atoms with van der Waals surface area (Å²) in [6.45, 7) is 3.37. The van der Waals surface area contributed by atoms with Crippen molar-refractivity contribution >= 4 is 17.5 Å². The molecule has 158 valence electrons. The Hall–Kier alpha value is -1.53. The summed E-state index contributed by atoms with van der Waals surface area (Å²) < 4.78 is 11.2. The van der Waals surface area contributed by atoms with Crippen molar-refractivity contribution in [2.75, 3.05) is 6.61 Å². The van der Waals surface area contributed by atoms with Crippen LogP contribution in [0.4, 0.5) is 0 Å². The highest BCUT2D eigenvalue weighted by Gasteiger charge is 2.71. The van der Waals surface area contributed by atoms with E-state index in [0.29, 0.717) is 18.8 Å². The number of fused-ring (bicyclic) bond motifs is 6. The molecule has 1 aliphatic heterocycles. The lowest BCUT2D eigenvalue weighted by Crippen LogP contribution is -2.55. The Labute approximate surface area is 171 Å². The zero-order valence-electron chi connectivity index (χ0n) is 17.2. The van der Waals surface area contributed by atoms with E-state index in [2.05, 4.69) is 6.92 Å². The molecule has 0 aromatic rings. The molecule has 6 nitrogen and oxygen atoms in total. The van der Waals surface area contributed by atoms with Gasteiger partial charge in [0.1, 0.15) is 6.61 Å². The summed E-state index contributed by atoms with van der Waals surface area (Å²) in [6.07, 6.45) is 6.49. The van der Waals surface area contributed by atoms with E-state index in [-0.39, 0.29) is 47.4 Å². The van der Waals surface area contributed by atoms with E-state index in [1.165, 1.54) is 12.5 Å². The molecule has 2 bridgehead atoms. The molecule has 0 unspecified atom stereocenters. The van der Waals surface area contributed by atoms with Crippen LogP contribution >= 0.6 is 0 Å². The second-order valence-corrected chi connectivity index (χ2v) is 10.1. The van der Waals surface area contributed by atoms with Crippen LogP contribution in [0.1, 0.15) is 58.8 Å². The van der Waals surface area contributed by atoms with Crippen LogP contribution in [-0.2, 0) is 23.9 Å². The first-order chi connectivity index (χ1) is 13.8. The number of aliphatic hydroxyl groups excluding tert-OH is 1. The number of aliphatic hydroxyl groups is 1. The third-order valence-electron chi connectivity index (χ3n) is 9.05. The smallest absolute Gasteiger partial charge is 0.303 e. The summed E-state index contributed by atoms with van der Waals surface area (Å²) in [6, 6.07) is 0.